The van der Waals surface area contributed by atoms with Crippen molar-refractivity contribution in [3.05, 3.63) is 24.3 Å². The molecule has 0 amide bonds. The molecule has 102 valence electrons. The van der Waals surface area contributed by atoms with Gasteiger partial charge in [0.1, 0.15) is 0 Å². The summed E-state index contributed by atoms with van der Waals surface area (Å²) in [4.78, 5) is 0.345. The smallest absolute Gasteiger partial charge is 0.180 e. The summed E-state index contributed by atoms with van der Waals surface area (Å²) in [5.74, 6) is 0.155. The molecule has 0 heterocycles. The van der Waals surface area contributed by atoms with Crippen LogP contribution in [-0.4, -0.2) is 31.9 Å². The van der Waals surface area contributed by atoms with Gasteiger partial charge in [-0.2, -0.15) is 0 Å². The first-order valence-electron chi connectivity index (χ1n) is 6.21. The summed E-state index contributed by atoms with van der Waals surface area (Å²) in [6.07, 6.45) is 0.795. The number of aliphatic hydroxyl groups is 1. The molecule has 0 fully saturated rings. The lowest BCUT2D eigenvalue weighted by molar-refractivity contribution is 0.188. The zero-order chi connectivity index (χ0) is 13.6. The second kappa shape index (κ2) is 6.75. The van der Waals surface area contributed by atoms with Gasteiger partial charge >= 0.3 is 0 Å². The van der Waals surface area contributed by atoms with Crippen LogP contribution in [0.25, 0.3) is 0 Å². The molecule has 0 spiro atoms. The van der Waals surface area contributed by atoms with Crippen molar-refractivity contribution < 1.29 is 13.5 Å². The number of nitrogens with one attached hydrogen (secondary N) is 1. The van der Waals surface area contributed by atoms with Gasteiger partial charge < -0.3 is 10.4 Å². The van der Waals surface area contributed by atoms with Crippen LogP contribution < -0.4 is 5.32 Å². The van der Waals surface area contributed by atoms with Crippen LogP contribution >= 0.6 is 0 Å². The summed E-state index contributed by atoms with van der Waals surface area (Å²) >= 11 is 0. The molecule has 0 aliphatic rings. The van der Waals surface area contributed by atoms with Gasteiger partial charge in [-0.05, 0) is 31.9 Å². The molecule has 5 heteroatoms. The fourth-order valence-corrected chi connectivity index (χ4v) is 3.20. The number of hydrogen-bond donors (Lipinski definition) is 2. The number of aliphatic hydroxyl groups excluding tert-OH is 1. The molecule has 0 radical (unpaired) electrons. The highest BCUT2D eigenvalue weighted by Crippen LogP contribution is 2.22. The normalized spacial score (nSPS) is 13.3. The topological polar surface area (TPSA) is 66.4 Å². The number of anilines is 1. The maximum absolute atomic E-state index is 12.1. The average Bonchev–Trinajstić information content (AvgIpc) is 2.29. The van der Waals surface area contributed by atoms with E-state index < -0.39 is 15.9 Å². The van der Waals surface area contributed by atoms with E-state index >= 15 is 0 Å². The van der Waals surface area contributed by atoms with Gasteiger partial charge in [0.2, 0.25) is 0 Å². The minimum atomic E-state index is -3.22. The van der Waals surface area contributed by atoms with Gasteiger partial charge in [0.15, 0.2) is 9.84 Å². The average molecular weight is 271 g/mol. The Labute approximate surface area is 109 Å². The Morgan fingerprint density at radius 3 is 2.61 bits per heavy atom. The second-order valence-corrected chi connectivity index (χ2v) is 6.46. The van der Waals surface area contributed by atoms with E-state index in [-0.39, 0.29) is 5.75 Å². The summed E-state index contributed by atoms with van der Waals surface area (Å²) in [5, 5.41) is 12.3. The fourth-order valence-electron chi connectivity index (χ4n) is 1.68. The number of benzene rings is 1. The molecule has 0 aliphatic carbocycles. The van der Waals surface area contributed by atoms with Gasteiger partial charge in [-0.1, -0.05) is 19.1 Å². The zero-order valence-corrected chi connectivity index (χ0v) is 11.7. The van der Waals surface area contributed by atoms with Gasteiger partial charge in [0, 0.05) is 6.54 Å². The first-order valence-corrected chi connectivity index (χ1v) is 7.86. The van der Waals surface area contributed by atoms with Crippen LogP contribution in [-0.2, 0) is 9.84 Å². The number of para-hydroxylation sites is 1. The molecule has 1 atom stereocenters. The summed E-state index contributed by atoms with van der Waals surface area (Å²) in [5.41, 5.74) is 0.617. The van der Waals surface area contributed by atoms with E-state index in [0.717, 1.165) is 0 Å². The zero-order valence-electron chi connectivity index (χ0n) is 10.9. The third kappa shape index (κ3) is 4.31. The lowest BCUT2D eigenvalue weighted by atomic mass is 10.2. The predicted octanol–water partition coefficient (Wildman–Crippen LogP) is 2.05. The highest BCUT2D eigenvalue weighted by molar-refractivity contribution is 7.91. The van der Waals surface area contributed by atoms with E-state index in [0.29, 0.717) is 30.0 Å². The first kappa shape index (κ1) is 15.0. The Balaban J connectivity index is 2.86. The number of sulfone groups is 1. The SMILES string of the molecule is CCCS(=O)(=O)c1ccccc1NCCC(C)O. The van der Waals surface area contributed by atoms with Crippen LogP contribution in [0.15, 0.2) is 29.2 Å². The second-order valence-electron chi connectivity index (χ2n) is 4.38. The summed E-state index contributed by atoms with van der Waals surface area (Å²) in [7, 11) is -3.22. The van der Waals surface area contributed by atoms with E-state index in [1.807, 2.05) is 6.92 Å². The highest BCUT2D eigenvalue weighted by Gasteiger charge is 2.16. The van der Waals surface area contributed by atoms with Crippen LogP contribution in [0, 0.1) is 0 Å². The molecular formula is C13H21NO3S. The minimum absolute atomic E-state index is 0.155. The van der Waals surface area contributed by atoms with E-state index in [2.05, 4.69) is 5.32 Å². The molecule has 0 bridgehead atoms. The predicted molar refractivity (Wildman–Crippen MR) is 73.6 cm³/mol. The van der Waals surface area contributed by atoms with Crippen LogP contribution in [0.3, 0.4) is 0 Å². The third-order valence-corrected chi connectivity index (χ3v) is 4.54. The minimum Gasteiger partial charge on any atom is -0.393 e. The van der Waals surface area contributed by atoms with Gasteiger partial charge in [-0.3, -0.25) is 0 Å². The number of rotatable bonds is 7. The van der Waals surface area contributed by atoms with Gasteiger partial charge in [0.05, 0.1) is 22.4 Å². The van der Waals surface area contributed by atoms with Crippen LogP contribution in [0.2, 0.25) is 0 Å². The maximum atomic E-state index is 12.1. The molecule has 0 saturated carbocycles. The van der Waals surface area contributed by atoms with Crippen molar-refractivity contribution in [1.82, 2.24) is 0 Å². The Morgan fingerprint density at radius 2 is 2.00 bits per heavy atom. The van der Waals surface area contributed by atoms with E-state index in [9.17, 15) is 13.5 Å². The van der Waals surface area contributed by atoms with Gasteiger partial charge in [-0.25, -0.2) is 8.42 Å². The van der Waals surface area contributed by atoms with Crippen molar-refractivity contribution in [1.29, 1.82) is 0 Å². The molecule has 2 N–H and O–H groups in total. The standard InChI is InChI=1S/C13H21NO3S/c1-3-10-18(16,17)13-7-5-4-6-12(13)14-9-8-11(2)15/h4-7,11,14-15H,3,8-10H2,1-2H3. The number of hydrogen-bond acceptors (Lipinski definition) is 4. The quantitative estimate of drug-likeness (QED) is 0.796. The lowest BCUT2D eigenvalue weighted by Crippen LogP contribution is -2.13. The molecule has 0 aromatic heterocycles. The molecule has 1 unspecified atom stereocenters. The van der Waals surface area contributed by atoms with Crippen molar-refractivity contribution in [2.45, 2.75) is 37.7 Å². The third-order valence-electron chi connectivity index (χ3n) is 2.57. The largest absolute Gasteiger partial charge is 0.393 e. The Hall–Kier alpha value is -1.07. The molecule has 4 nitrogen and oxygen atoms in total. The van der Waals surface area contributed by atoms with Crippen molar-refractivity contribution in [2.24, 2.45) is 0 Å². The van der Waals surface area contributed by atoms with Crippen molar-refractivity contribution >= 4 is 15.5 Å². The molecule has 0 saturated heterocycles. The van der Waals surface area contributed by atoms with Crippen molar-refractivity contribution in [3.8, 4) is 0 Å². The molecule has 1 rings (SSSR count). The van der Waals surface area contributed by atoms with Gasteiger partial charge in [-0.15, -0.1) is 0 Å². The summed E-state index contributed by atoms with van der Waals surface area (Å²) < 4.78 is 24.1. The van der Waals surface area contributed by atoms with Crippen molar-refractivity contribution in [2.75, 3.05) is 17.6 Å². The maximum Gasteiger partial charge on any atom is 0.180 e. The van der Waals surface area contributed by atoms with E-state index in [4.69, 9.17) is 0 Å². The molecule has 1 aromatic carbocycles. The molecule has 18 heavy (non-hydrogen) atoms. The summed E-state index contributed by atoms with van der Waals surface area (Å²) in [6, 6.07) is 6.90. The Morgan fingerprint density at radius 1 is 1.33 bits per heavy atom. The van der Waals surface area contributed by atoms with Gasteiger partial charge in [0.25, 0.3) is 0 Å². The summed E-state index contributed by atoms with van der Waals surface area (Å²) in [6.45, 7) is 4.11. The van der Waals surface area contributed by atoms with E-state index in [1.165, 1.54) is 0 Å². The molecule has 0 aliphatic heterocycles. The van der Waals surface area contributed by atoms with Crippen LogP contribution in [0.1, 0.15) is 26.7 Å². The fraction of sp³-hybridized carbons (Fsp3) is 0.538. The first-order chi connectivity index (χ1) is 8.47. The van der Waals surface area contributed by atoms with Crippen LogP contribution in [0.5, 0.6) is 0 Å². The highest BCUT2D eigenvalue weighted by atomic mass is 32.2. The lowest BCUT2D eigenvalue weighted by Gasteiger charge is -2.12. The van der Waals surface area contributed by atoms with Crippen LogP contribution in [0.4, 0.5) is 5.69 Å². The Kier molecular flexibility index (Phi) is 5.62. The monoisotopic (exact) mass is 271 g/mol. The molecular weight excluding hydrogens is 250 g/mol. The molecule has 1 aromatic rings. The van der Waals surface area contributed by atoms with E-state index in [1.54, 1.807) is 31.2 Å². The Bertz CT molecular complexity index is 469. The van der Waals surface area contributed by atoms with Crippen molar-refractivity contribution in [3.63, 3.8) is 0 Å².